The lowest BCUT2D eigenvalue weighted by molar-refractivity contribution is -0.143. The average Bonchev–Trinajstić information content (AvgIpc) is 3.26. The topological polar surface area (TPSA) is 57.6 Å². The molecule has 0 aliphatic heterocycles. The van der Waals surface area contributed by atoms with E-state index in [9.17, 15) is 9.59 Å². The Balaban J connectivity index is 1.66. The third kappa shape index (κ3) is 3.16. The van der Waals surface area contributed by atoms with Crippen LogP contribution in [0, 0.1) is 5.92 Å². The molecule has 2 aliphatic carbocycles. The minimum Gasteiger partial charge on any atom is -0.481 e. The largest absolute Gasteiger partial charge is 0.481 e. The highest BCUT2D eigenvalue weighted by Crippen LogP contribution is 2.37. The number of hydrogen-bond donors (Lipinski definition) is 1. The molecule has 1 N–H and O–H groups in total. The summed E-state index contributed by atoms with van der Waals surface area (Å²) in [5.74, 6) is -0.910. The summed E-state index contributed by atoms with van der Waals surface area (Å²) in [5, 5.41) is 9.09. The fourth-order valence-corrected chi connectivity index (χ4v) is 3.40. The lowest BCUT2D eigenvalue weighted by Gasteiger charge is -2.26. The number of hydrogen-bond acceptors (Lipinski definition) is 2. The van der Waals surface area contributed by atoms with Crippen molar-refractivity contribution in [1.82, 2.24) is 4.90 Å². The van der Waals surface area contributed by atoms with Gasteiger partial charge < -0.3 is 10.0 Å². The lowest BCUT2D eigenvalue weighted by atomic mass is 9.97. The second kappa shape index (κ2) is 6.11. The Morgan fingerprint density at radius 3 is 2.68 bits per heavy atom. The molecule has 0 aromatic heterocycles. The van der Waals surface area contributed by atoms with Gasteiger partial charge in [-0.3, -0.25) is 9.59 Å². The number of carbonyl (C=O) groups is 2. The summed E-state index contributed by atoms with van der Waals surface area (Å²) < 4.78 is 0. The van der Waals surface area contributed by atoms with Crippen molar-refractivity contribution in [2.24, 2.45) is 5.92 Å². The first-order valence-electron chi connectivity index (χ1n) is 8.16. The van der Waals surface area contributed by atoms with Crippen LogP contribution in [0.2, 0.25) is 0 Å². The molecule has 1 saturated carbocycles. The zero-order valence-electron chi connectivity index (χ0n) is 13.0. The molecule has 22 heavy (non-hydrogen) atoms. The Morgan fingerprint density at radius 1 is 1.27 bits per heavy atom. The van der Waals surface area contributed by atoms with Crippen molar-refractivity contribution in [1.29, 1.82) is 0 Å². The van der Waals surface area contributed by atoms with Crippen LogP contribution in [0.3, 0.4) is 0 Å². The maximum absolute atomic E-state index is 12.7. The van der Waals surface area contributed by atoms with Crippen LogP contribution < -0.4 is 0 Å². The van der Waals surface area contributed by atoms with E-state index in [2.05, 4.69) is 12.1 Å². The van der Waals surface area contributed by atoms with Crippen molar-refractivity contribution in [2.45, 2.75) is 51.0 Å². The first-order valence-corrected chi connectivity index (χ1v) is 8.16. The van der Waals surface area contributed by atoms with E-state index in [0.717, 1.165) is 25.7 Å². The normalized spacial score (nSPS) is 21.2. The SMILES string of the molecule is CC(CN(C(=O)CC1CCc2ccccc21)C1CC1)C(=O)O. The molecule has 4 heteroatoms. The molecule has 0 bridgehead atoms. The summed E-state index contributed by atoms with van der Waals surface area (Å²) >= 11 is 0. The van der Waals surface area contributed by atoms with Crippen LogP contribution in [-0.2, 0) is 16.0 Å². The number of carbonyl (C=O) groups excluding carboxylic acids is 1. The number of aryl methyl sites for hydroxylation is 1. The first-order chi connectivity index (χ1) is 10.6. The van der Waals surface area contributed by atoms with Gasteiger partial charge >= 0.3 is 5.97 Å². The predicted molar refractivity (Wildman–Crippen MR) is 83.7 cm³/mol. The van der Waals surface area contributed by atoms with E-state index in [1.54, 1.807) is 6.92 Å². The quantitative estimate of drug-likeness (QED) is 0.879. The number of carboxylic acid groups (broad SMARTS) is 1. The van der Waals surface area contributed by atoms with Gasteiger partial charge in [0.05, 0.1) is 5.92 Å². The molecule has 3 rings (SSSR count). The zero-order valence-corrected chi connectivity index (χ0v) is 13.0. The number of carboxylic acids is 1. The summed E-state index contributed by atoms with van der Waals surface area (Å²) in [4.78, 5) is 25.6. The predicted octanol–water partition coefficient (Wildman–Crippen LogP) is 2.82. The number of amides is 1. The molecule has 0 radical (unpaired) electrons. The average molecular weight is 301 g/mol. The highest BCUT2D eigenvalue weighted by atomic mass is 16.4. The molecule has 2 aliphatic rings. The van der Waals surface area contributed by atoms with Gasteiger partial charge in [0, 0.05) is 19.0 Å². The second-order valence-corrected chi connectivity index (χ2v) is 6.66. The summed E-state index contributed by atoms with van der Waals surface area (Å²) in [5.41, 5.74) is 2.66. The van der Waals surface area contributed by atoms with Crippen LogP contribution in [0.5, 0.6) is 0 Å². The van der Waals surface area contributed by atoms with Crippen LogP contribution in [0.15, 0.2) is 24.3 Å². The highest BCUT2D eigenvalue weighted by Gasteiger charge is 2.36. The Labute approximate surface area is 131 Å². The van der Waals surface area contributed by atoms with E-state index in [-0.39, 0.29) is 11.9 Å². The minimum absolute atomic E-state index is 0.123. The highest BCUT2D eigenvalue weighted by molar-refractivity contribution is 5.79. The van der Waals surface area contributed by atoms with Crippen molar-refractivity contribution in [2.75, 3.05) is 6.54 Å². The molecule has 1 aromatic rings. The molecular weight excluding hydrogens is 278 g/mol. The van der Waals surface area contributed by atoms with Crippen molar-refractivity contribution < 1.29 is 14.7 Å². The summed E-state index contributed by atoms with van der Waals surface area (Å²) in [7, 11) is 0. The smallest absolute Gasteiger partial charge is 0.308 e. The molecule has 0 spiro atoms. The van der Waals surface area contributed by atoms with E-state index < -0.39 is 11.9 Å². The number of nitrogens with zero attached hydrogens (tertiary/aromatic N) is 1. The number of aliphatic carboxylic acids is 1. The molecular formula is C18H23NO3. The molecule has 2 atom stereocenters. The van der Waals surface area contributed by atoms with Gasteiger partial charge in [-0.25, -0.2) is 0 Å². The van der Waals surface area contributed by atoms with Crippen LogP contribution in [-0.4, -0.2) is 34.5 Å². The van der Waals surface area contributed by atoms with Crippen LogP contribution in [0.4, 0.5) is 0 Å². The van der Waals surface area contributed by atoms with Gasteiger partial charge in [-0.1, -0.05) is 31.2 Å². The van der Waals surface area contributed by atoms with Crippen molar-refractivity contribution in [3.05, 3.63) is 35.4 Å². The lowest BCUT2D eigenvalue weighted by Crippen LogP contribution is -2.39. The van der Waals surface area contributed by atoms with Crippen LogP contribution >= 0.6 is 0 Å². The zero-order chi connectivity index (χ0) is 15.7. The maximum Gasteiger partial charge on any atom is 0.308 e. The molecule has 118 valence electrons. The number of rotatable bonds is 6. The van der Waals surface area contributed by atoms with E-state index in [4.69, 9.17) is 5.11 Å². The molecule has 1 fully saturated rings. The molecule has 2 unspecified atom stereocenters. The van der Waals surface area contributed by atoms with Crippen molar-refractivity contribution in [3.8, 4) is 0 Å². The van der Waals surface area contributed by atoms with Crippen LogP contribution in [0.25, 0.3) is 0 Å². The standard InChI is InChI=1S/C18H23NO3/c1-12(18(21)22)11-19(15-8-9-15)17(20)10-14-7-6-13-4-2-3-5-16(13)14/h2-5,12,14-15H,6-11H2,1H3,(H,21,22). The Kier molecular flexibility index (Phi) is 4.19. The van der Waals surface area contributed by atoms with Crippen LogP contribution in [0.1, 0.15) is 49.7 Å². The Hall–Kier alpha value is -1.84. The molecule has 1 amide bonds. The number of fused-ring (bicyclic) bond motifs is 1. The van der Waals surface area contributed by atoms with E-state index in [1.807, 2.05) is 17.0 Å². The van der Waals surface area contributed by atoms with E-state index in [1.165, 1.54) is 11.1 Å². The summed E-state index contributed by atoms with van der Waals surface area (Å²) in [6.45, 7) is 2.02. The van der Waals surface area contributed by atoms with Gasteiger partial charge in [0.25, 0.3) is 0 Å². The van der Waals surface area contributed by atoms with Gasteiger partial charge in [-0.05, 0) is 42.7 Å². The Bertz CT molecular complexity index is 579. The van der Waals surface area contributed by atoms with Gasteiger partial charge in [-0.2, -0.15) is 0 Å². The second-order valence-electron chi connectivity index (χ2n) is 6.66. The van der Waals surface area contributed by atoms with Gasteiger partial charge in [-0.15, -0.1) is 0 Å². The van der Waals surface area contributed by atoms with Gasteiger partial charge in [0.15, 0.2) is 0 Å². The maximum atomic E-state index is 12.7. The first kappa shape index (κ1) is 15.1. The Morgan fingerprint density at radius 2 is 2.00 bits per heavy atom. The summed E-state index contributed by atoms with van der Waals surface area (Å²) in [6, 6.07) is 8.62. The molecule has 0 saturated heterocycles. The van der Waals surface area contributed by atoms with E-state index >= 15 is 0 Å². The van der Waals surface area contributed by atoms with E-state index in [0.29, 0.717) is 18.9 Å². The molecule has 1 aromatic carbocycles. The number of benzene rings is 1. The minimum atomic E-state index is -0.829. The molecule has 4 nitrogen and oxygen atoms in total. The fourth-order valence-electron chi connectivity index (χ4n) is 3.40. The van der Waals surface area contributed by atoms with Crippen molar-refractivity contribution >= 4 is 11.9 Å². The molecule has 0 heterocycles. The fraction of sp³-hybridized carbons (Fsp3) is 0.556. The van der Waals surface area contributed by atoms with Crippen molar-refractivity contribution in [3.63, 3.8) is 0 Å². The monoisotopic (exact) mass is 301 g/mol. The van der Waals surface area contributed by atoms with Gasteiger partial charge in [0.2, 0.25) is 5.91 Å². The summed E-state index contributed by atoms with van der Waals surface area (Å²) in [6.07, 6.45) is 4.61. The van der Waals surface area contributed by atoms with Gasteiger partial charge in [0.1, 0.15) is 0 Å². The third-order valence-electron chi connectivity index (χ3n) is 4.88. The third-order valence-corrected chi connectivity index (χ3v) is 4.88.